The summed E-state index contributed by atoms with van der Waals surface area (Å²) in [7, 11) is -3.50. The first kappa shape index (κ1) is 18.6. The summed E-state index contributed by atoms with van der Waals surface area (Å²) in [5.41, 5.74) is 0.581. The van der Waals surface area contributed by atoms with E-state index >= 15 is 0 Å². The van der Waals surface area contributed by atoms with Crippen molar-refractivity contribution < 1.29 is 27.8 Å². The highest BCUT2D eigenvalue weighted by Crippen LogP contribution is 2.19. The smallest absolute Gasteiger partial charge is 0.341 e. The largest absolute Gasteiger partial charge is 0.494 e. The van der Waals surface area contributed by atoms with Crippen LogP contribution in [0.1, 0.15) is 6.92 Å². The van der Waals surface area contributed by atoms with Crippen molar-refractivity contribution in [1.82, 2.24) is 0 Å². The number of benzene rings is 2. The third-order valence-corrected chi connectivity index (χ3v) is 4.69. The van der Waals surface area contributed by atoms with Gasteiger partial charge in [-0.25, -0.2) is 13.2 Å². The number of carboxylic acids is 1. The van der Waals surface area contributed by atoms with Gasteiger partial charge in [0.2, 0.25) is 0 Å². The Morgan fingerprint density at radius 1 is 1.00 bits per heavy atom. The van der Waals surface area contributed by atoms with Gasteiger partial charge in [-0.3, -0.25) is 0 Å². The summed E-state index contributed by atoms with van der Waals surface area (Å²) >= 11 is 0. The van der Waals surface area contributed by atoms with Gasteiger partial charge in [-0.2, -0.15) is 0 Å². The van der Waals surface area contributed by atoms with Crippen LogP contribution in [0.4, 0.5) is 5.69 Å². The Hall–Kier alpha value is -2.74. The molecule has 0 unspecified atom stereocenters. The van der Waals surface area contributed by atoms with Crippen molar-refractivity contribution in [2.75, 3.05) is 24.4 Å². The number of carboxylic acid groups (broad SMARTS) is 1. The Morgan fingerprint density at radius 2 is 1.56 bits per heavy atom. The van der Waals surface area contributed by atoms with Crippen molar-refractivity contribution in [3.8, 4) is 11.5 Å². The van der Waals surface area contributed by atoms with Crippen molar-refractivity contribution >= 4 is 21.5 Å². The molecule has 0 aliphatic rings. The molecular weight excluding hydrogens is 346 g/mol. The van der Waals surface area contributed by atoms with Gasteiger partial charge >= 0.3 is 5.97 Å². The Bertz CT molecular complexity index is 800. The van der Waals surface area contributed by atoms with Crippen molar-refractivity contribution in [3.05, 3.63) is 48.5 Å². The lowest BCUT2D eigenvalue weighted by Gasteiger charge is -2.10. The number of nitrogens with one attached hydrogen (secondary N) is 1. The molecule has 0 fully saturated rings. The molecule has 8 heteroatoms. The van der Waals surface area contributed by atoms with Crippen LogP contribution in [0.2, 0.25) is 0 Å². The van der Waals surface area contributed by atoms with E-state index in [0.29, 0.717) is 23.8 Å². The Balaban J connectivity index is 1.95. The molecule has 0 bridgehead atoms. The second kappa shape index (κ2) is 8.39. The van der Waals surface area contributed by atoms with Crippen molar-refractivity contribution in [2.24, 2.45) is 0 Å². The summed E-state index contributed by atoms with van der Waals surface area (Å²) in [6, 6.07) is 12.6. The van der Waals surface area contributed by atoms with Gasteiger partial charge in [0.1, 0.15) is 17.4 Å². The maximum absolute atomic E-state index is 12.3. The zero-order valence-electron chi connectivity index (χ0n) is 13.6. The minimum Gasteiger partial charge on any atom is -0.494 e. The normalized spacial score (nSPS) is 10.9. The van der Waals surface area contributed by atoms with Gasteiger partial charge in [0.15, 0.2) is 16.4 Å². The molecule has 0 aliphatic heterocycles. The second-order valence-electron chi connectivity index (χ2n) is 5.05. The van der Waals surface area contributed by atoms with E-state index in [0.717, 1.165) is 0 Å². The summed E-state index contributed by atoms with van der Waals surface area (Å²) in [5.74, 6) is -0.326. The molecule has 134 valence electrons. The SMILES string of the molecule is CCOc1ccc(S(=O)(=O)CNc2ccc(OCC(=O)O)cc2)cc1. The number of anilines is 1. The molecular formula is C17H19NO6S. The van der Waals surface area contributed by atoms with Gasteiger partial charge in [0, 0.05) is 5.69 Å². The van der Waals surface area contributed by atoms with Crippen LogP contribution in [0.25, 0.3) is 0 Å². The molecule has 2 aromatic rings. The molecule has 2 aromatic carbocycles. The molecule has 2 rings (SSSR count). The van der Waals surface area contributed by atoms with E-state index in [1.165, 1.54) is 12.1 Å². The maximum Gasteiger partial charge on any atom is 0.341 e. The minimum absolute atomic E-state index is 0.199. The fourth-order valence-electron chi connectivity index (χ4n) is 1.99. The van der Waals surface area contributed by atoms with Crippen LogP contribution in [-0.4, -0.2) is 38.6 Å². The molecule has 2 N–H and O–H groups in total. The van der Waals surface area contributed by atoms with Gasteiger partial charge in [0.25, 0.3) is 0 Å². The molecule has 7 nitrogen and oxygen atoms in total. The topological polar surface area (TPSA) is 102 Å². The average molecular weight is 365 g/mol. The number of aliphatic carboxylic acids is 1. The first-order valence-corrected chi connectivity index (χ1v) is 9.20. The lowest BCUT2D eigenvalue weighted by Crippen LogP contribution is -2.14. The molecule has 0 radical (unpaired) electrons. The number of hydrogen-bond acceptors (Lipinski definition) is 6. The van der Waals surface area contributed by atoms with Crippen molar-refractivity contribution in [1.29, 1.82) is 0 Å². The van der Waals surface area contributed by atoms with E-state index in [4.69, 9.17) is 14.6 Å². The van der Waals surface area contributed by atoms with Crippen LogP contribution < -0.4 is 14.8 Å². The Labute approximate surface area is 146 Å². The lowest BCUT2D eigenvalue weighted by atomic mass is 10.3. The zero-order valence-corrected chi connectivity index (χ0v) is 14.5. The van der Waals surface area contributed by atoms with Gasteiger partial charge in [-0.1, -0.05) is 0 Å². The summed E-state index contributed by atoms with van der Waals surface area (Å²) in [5, 5.41) is 11.4. The third-order valence-electron chi connectivity index (χ3n) is 3.18. The molecule has 0 aliphatic carbocycles. The van der Waals surface area contributed by atoms with Gasteiger partial charge in [0.05, 0.1) is 11.5 Å². The van der Waals surface area contributed by atoms with E-state index in [1.54, 1.807) is 36.4 Å². The number of sulfone groups is 1. The Morgan fingerprint density at radius 3 is 2.12 bits per heavy atom. The summed E-state index contributed by atoms with van der Waals surface area (Å²) < 4.78 is 35.0. The highest BCUT2D eigenvalue weighted by atomic mass is 32.2. The lowest BCUT2D eigenvalue weighted by molar-refractivity contribution is -0.139. The van der Waals surface area contributed by atoms with Crippen LogP contribution in [0.5, 0.6) is 11.5 Å². The fraction of sp³-hybridized carbons (Fsp3) is 0.235. The maximum atomic E-state index is 12.3. The quantitative estimate of drug-likeness (QED) is 0.703. The van der Waals surface area contributed by atoms with E-state index < -0.39 is 22.4 Å². The molecule has 0 spiro atoms. The van der Waals surface area contributed by atoms with Crippen molar-refractivity contribution in [3.63, 3.8) is 0 Å². The predicted molar refractivity (Wildman–Crippen MR) is 92.9 cm³/mol. The second-order valence-corrected chi connectivity index (χ2v) is 7.04. The molecule has 0 amide bonds. The first-order valence-electron chi connectivity index (χ1n) is 7.55. The van der Waals surface area contributed by atoms with Crippen LogP contribution in [0.15, 0.2) is 53.4 Å². The predicted octanol–water partition coefficient (Wildman–Crippen LogP) is 2.39. The first-order chi connectivity index (χ1) is 11.9. The number of hydrogen-bond donors (Lipinski definition) is 2. The van der Waals surface area contributed by atoms with Crippen LogP contribution >= 0.6 is 0 Å². The number of ether oxygens (including phenoxy) is 2. The van der Waals surface area contributed by atoms with E-state index in [1.807, 2.05) is 6.92 Å². The molecule has 0 atom stereocenters. The van der Waals surface area contributed by atoms with Gasteiger partial charge in [-0.15, -0.1) is 0 Å². The highest BCUT2D eigenvalue weighted by molar-refractivity contribution is 7.91. The van der Waals surface area contributed by atoms with Gasteiger partial charge in [-0.05, 0) is 55.5 Å². The average Bonchev–Trinajstić information content (AvgIpc) is 2.60. The third kappa shape index (κ3) is 5.68. The van der Waals surface area contributed by atoms with E-state index in [9.17, 15) is 13.2 Å². The molecule has 0 aromatic heterocycles. The Kier molecular flexibility index (Phi) is 6.24. The molecule has 0 saturated carbocycles. The number of rotatable bonds is 9. The zero-order chi connectivity index (χ0) is 18.3. The summed E-state index contributed by atoms with van der Waals surface area (Å²) in [6.07, 6.45) is 0. The molecule has 25 heavy (non-hydrogen) atoms. The van der Waals surface area contributed by atoms with E-state index in [2.05, 4.69) is 5.32 Å². The summed E-state index contributed by atoms with van der Waals surface area (Å²) in [6.45, 7) is 1.94. The monoisotopic (exact) mass is 365 g/mol. The van der Waals surface area contributed by atoms with Crippen LogP contribution in [0.3, 0.4) is 0 Å². The fourth-order valence-corrected chi connectivity index (χ4v) is 3.06. The molecule has 0 heterocycles. The van der Waals surface area contributed by atoms with Crippen molar-refractivity contribution in [2.45, 2.75) is 11.8 Å². The highest BCUT2D eigenvalue weighted by Gasteiger charge is 2.14. The van der Waals surface area contributed by atoms with Gasteiger partial charge < -0.3 is 19.9 Å². The summed E-state index contributed by atoms with van der Waals surface area (Å²) in [4.78, 5) is 10.6. The van der Waals surface area contributed by atoms with Crippen LogP contribution in [-0.2, 0) is 14.6 Å². The number of carbonyl (C=O) groups is 1. The minimum atomic E-state index is -3.50. The van der Waals surface area contributed by atoms with E-state index in [-0.39, 0.29) is 10.8 Å². The van der Waals surface area contributed by atoms with Crippen LogP contribution in [0, 0.1) is 0 Å². The standard InChI is InChI=1S/C17H19NO6S/c1-2-23-14-7-9-16(10-8-14)25(21,22)12-18-13-3-5-15(6-4-13)24-11-17(19)20/h3-10,18H,2,11-12H2,1H3,(H,19,20). The molecule has 0 saturated heterocycles.